The molecule has 1 aromatic heterocycles. The number of ketones is 1. The number of tetrazole rings is 1. The molecule has 1 aliphatic rings. The van der Waals surface area contributed by atoms with Crippen molar-refractivity contribution < 1.29 is 19.1 Å². The number of carbonyl (C=O) groups excluding carboxylic acids is 3. The van der Waals surface area contributed by atoms with Crippen LogP contribution in [0.3, 0.4) is 0 Å². The third-order valence-corrected chi connectivity index (χ3v) is 7.67. The van der Waals surface area contributed by atoms with Crippen molar-refractivity contribution in [1.29, 1.82) is 0 Å². The Morgan fingerprint density at radius 2 is 1.80 bits per heavy atom. The van der Waals surface area contributed by atoms with Crippen LogP contribution in [0.15, 0.2) is 53.0 Å². The first-order valence-corrected chi connectivity index (χ1v) is 14.7. The average Bonchev–Trinajstić information content (AvgIpc) is 3.46. The number of nitrogens with zero attached hydrogens (tertiary/aromatic N) is 3. The summed E-state index contributed by atoms with van der Waals surface area (Å²) in [6, 6.07) is 15.0. The molecular weight excluding hydrogens is 588 g/mol. The van der Waals surface area contributed by atoms with Crippen molar-refractivity contribution in [2.75, 3.05) is 11.9 Å². The highest BCUT2D eigenvalue weighted by molar-refractivity contribution is 9.10. The van der Waals surface area contributed by atoms with Gasteiger partial charge in [0, 0.05) is 40.5 Å². The van der Waals surface area contributed by atoms with E-state index in [4.69, 9.17) is 4.74 Å². The quantitative estimate of drug-likeness (QED) is 0.262. The number of halogens is 1. The molecule has 1 heterocycles. The van der Waals surface area contributed by atoms with Crippen LogP contribution in [0.5, 0.6) is 0 Å². The van der Waals surface area contributed by atoms with Gasteiger partial charge in [-0.05, 0) is 106 Å². The molecule has 0 radical (unpaired) electrons. The summed E-state index contributed by atoms with van der Waals surface area (Å²) >= 11 is 3.50. The summed E-state index contributed by atoms with van der Waals surface area (Å²) in [7, 11) is 0. The van der Waals surface area contributed by atoms with Crippen LogP contribution in [0, 0.1) is 17.8 Å². The van der Waals surface area contributed by atoms with Crippen LogP contribution in [0.1, 0.15) is 58.4 Å². The van der Waals surface area contributed by atoms with Crippen LogP contribution in [-0.2, 0) is 20.7 Å². The fraction of sp³-hybridized carbons (Fsp3) is 0.467. The number of alkyl carbamates (subject to hydrolysis) is 1. The second-order valence-corrected chi connectivity index (χ2v) is 12.5. The maximum absolute atomic E-state index is 13.5. The second-order valence-electron chi connectivity index (χ2n) is 11.6. The molecule has 4 rings (SSSR count). The predicted molar refractivity (Wildman–Crippen MR) is 159 cm³/mol. The van der Waals surface area contributed by atoms with Crippen LogP contribution < -0.4 is 10.6 Å². The van der Waals surface area contributed by atoms with Crippen LogP contribution in [0.4, 0.5) is 10.5 Å². The Labute approximate surface area is 248 Å². The van der Waals surface area contributed by atoms with Gasteiger partial charge in [-0.1, -0.05) is 28.1 Å². The molecule has 0 bridgehead atoms. The third-order valence-electron chi connectivity index (χ3n) is 7.18. The van der Waals surface area contributed by atoms with E-state index in [0.717, 1.165) is 41.3 Å². The summed E-state index contributed by atoms with van der Waals surface area (Å²) in [5, 5.41) is 19.8. The minimum atomic E-state index is -0.536. The standard InChI is InChI=1S/C30H37BrN6O4/c1-30(2,3)41-29(40)32-18-19-7-9-21(10-8-19)26(38)17-23(15-20-5-4-6-24(31)16-20)28(39)33-25-13-11-22(12-14-25)27-34-36-37-35-27/h4-6,11-14,16,19,21,23H,7-10,15,17-18H2,1-3H3,(H,32,40)(H,33,39)(H,34,35,36,37)/t19?,21?,23-/m1/s1. The van der Waals surface area contributed by atoms with Crippen molar-refractivity contribution in [2.24, 2.45) is 17.8 Å². The van der Waals surface area contributed by atoms with Gasteiger partial charge in [0.25, 0.3) is 0 Å². The summed E-state index contributed by atoms with van der Waals surface area (Å²) in [5.74, 6) is 0.103. The molecule has 41 heavy (non-hydrogen) atoms. The molecule has 1 saturated carbocycles. The first-order chi connectivity index (χ1) is 19.6. The number of carbonyl (C=O) groups is 3. The lowest BCUT2D eigenvalue weighted by Crippen LogP contribution is -2.37. The van der Waals surface area contributed by atoms with Gasteiger partial charge in [0.15, 0.2) is 0 Å². The number of Topliss-reactive ketones (excluding diaryl/α,β-unsaturated/α-hetero) is 1. The third kappa shape index (κ3) is 9.48. The molecule has 11 heteroatoms. The van der Waals surface area contributed by atoms with Gasteiger partial charge in [-0.3, -0.25) is 9.59 Å². The number of benzene rings is 2. The number of ether oxygens (including phenoxy) is 1. The Kier molecular flexibility index (Phi) is 10.3. The number of aromatic amines is 1. The Hall–Kier alpha value is -3.60. The summed E-state index contributed by atoms with van der Waals surface area (Å²) in [6.45, 7) is 6.04. The normalized spacial score (nSPS) is 17.9. The molecule has 2 amide bonds. The van der Waals surface area contributed by atoms with E-state index in [0.29, 0.717) is 30.4 Å². The van der Waals surface area contributed by atoms with Crippen LogP contribution in [0.2, 0.25) is 0 Å². The SMILES string of the molecule is CC(C)(C)OC(=O)NCC1CCC(C(=O)C[C@@H](Cc2cccc(Br)c2)C(=O)Nc2ccc(-c3nn[nH]n3)cc2)CC1. The van der Waals surface area contributed by atoms with E-state index in [2.05, 4.69) is 47.2 Å². The number of nitrogens with one attached hydrogen (secondary N) is 3. The number of amides is 2. The molecule has 0 unspecified atom stereocenters. The van der Waals surface area contributed by atoms with Crippen molar-refractivity contribution in [1.82, 2.24) is 25.9 Å². The van der Waals surface area contributed by atoms with Crippen LogP contribution in [-0.4, -0.2) is 50.6 Å². The largest absolute Gasteiger partial charge is 0.444 e. The molecule has 1 aliphatic carbocycles. The summed E-state index contributed by atoms with van der Waals surface area (Å²) < 4.78 is 6.25. The highest BCUT2D eigenvalue weighted by Gasteiger charge is 2.30. The molecule has 1 atom stereocenters. The number of H-pyrrole nitrogens is 1. The molecule has 218 valence electrons. The second kappa shape index (κ2) is 13.8. The molecular formula is C30H37BrN6O4. The number of anilines is 1. The molecule has 0 spiro atoms. The lowest BCUT2D eigenvalue weighted by molar-refractivity contribution is -0.129. The fourth-order valence-electron chi connectivity index (χ4n) is 5.08. The van der Waals surface area contributed by atoms with Gasteiger partial charge in [-0.2, -0.15) is 5.21 Å². The minimum absolute atomic E-state index is 0.0835. The predicted octanol–water partition coefficient (Wildman–Crippen LogP) is 5.72. The Bertz CT molecular complexity index is 1320. The average molecular weight is 626 g/mol. The number of hydrogen-bond acceptors (Lipinski definition) is 7. The van der Waals surface area contributed by atoms with Gasteiger partial charge in [-0.25, -0.2) is 4.79 Å². The van der Waals surface area contributed by atoms with Crippen LogP contribution >= 0.6 is 15.9 Å². The fourth-order valence-corrected chi connectivity index (χ4v) is 5.52. The van der Waals surface area contributed by atoms with Crippen molar-refractivity contribution in [2.45, 2.75) is 64.9 Å². The smallest absolute Gasteiger partial charge is 0.407 e. The van der Waals surface area contributed by atoms with E-state index >= 15 is 0 Å². The molecule has 3 N–H and O–H groups in total. The molecule has 3 aromatic rings. The Balaban J connectivity index is 1.35. The minimum Gasteiger partial charge on any atom is -0.444 e. The molecule has 0 saturated heterocycles. The zero-order valence-corrected chi connectivity index (χ0v) is 25.2. The Morgan fingerprint density at radius 3 is 2.44 bits per heavy atom. The maximum atomic E-state index is 13.5. The number of rotatable bonds is 10. The van der Waals surface area contributed by atoms with Crippen molar-refractivity contribution in [3.05, 3.63) is 58.6 Å². The van der Waals surface area contributed by atoms with E-state index in [-0.39, 0.29) is 24.0 Å². The van der Waals surface area contributed by atoms with E-state index in [1.807, 2.05) is 57.2 Å². The monoisotopic (exact) mass is 624 g/mol. The van der Waals surface area contributed by atoms with Gasteiger partial charge in [0.05, 0.1) is 0 Å². The summed E-state index contributed by atoms with van der Waals surface area (Å²) in [5.41, 5.74) is 1.85. The zero-order chi connectivity index (χ0) is 29.4. The van der Waals surface area contributed by atoms with Gasteiger partial charge in [0.2, 0.25) is 11.7 Å². The lowest BCUT2D eigenvalue weighted by Gasteiger charge is -2.29. The molecule has 2 aromatic carbocycles. The van der Waals surface area contributed by atoms with E-state index in [9.17, 15) is 14.4 Å². The van der Waals surface area contributed by atoms with Crippen molar-refractivity contribution in [3.8, 4) is 11.4 Å². The van der Waals surface area contributed by atoms with E-state index in [1.54, 1.807) is 12.1 Å². The highest BCUT2D eigenvalue weighted by Crippen LogP contribution is 2.31. The number of hydrogen-bond donors (Lipinski definition) is 3. The van der Waals surface area contributed by atoms with E-state index in [1.165, 1.54) is 0 Å². The molecule has 0 aliphatic heterocycles. The zero-order valence-electron chi connectivity index (χ0n) is 23.7. The van der Waals surface area contributed by atoms with Gasteiger partial charge < -0.3 is 15.4 Å². The van der Waals surface area contributed by atoms with E-state index < -0.39 is 17.6 Å². The highest BCUT2D eigenvalue weighted by atomic mass is 79.9. The first kappa shape index (κ1) is 30.4. The van der Waals surface area contributed by atoms with Crippen molar-refractivity contribution in [3.63, 3.8) is 0 Å². The summed E-state index contributed by atoms with van der Waals surface area (Å²) in [6.07, 6.45) is 3.41. The molecule has 1 fully saturated rings. The Morgan fingerprint density at radius 1 is 1.07 bits per heavy atom. The molecule has 10 nitrogen and oxygen atoms in total. The topological polar surface area (TPSA) is 139 Å². The van der Waals surface area contributed by atoms with Gasteiger partial charge >= 0.3 is 6.09 Å². The van der Waals surface area contributed by atoms with Gasteiger partial charge in [0.1, 0.15) is 11.4 Å². The van der Waals surface area contributed by atoms with Crippen LogP contribution in [0.25, 0.3) is 11.4 Å². The van der Waals surface area contributed by atoms with Crippen molar-refractivity contribution >= 4 is 39.4 Å². The first-order valence-electron chi connectivity index (χ1n) is 13.9. The lowest BCUT2D eigenvalue weighted by atomic mass is 9.77. The summed E-state index contributed by atoms with van der Waals surface area (Å²) in [4.78, 5) is 38.9. The number of aromatic nitrogens is 4. The maximum Gasteiger partial charge on any atom is 0.407 e. The van der Waals surface area contributed by atoms with Gasteiger partial charge in [-0.15, -0.1) is 10.2 Å².